The number of benzene rings is 1. The fourth-order valence-corrected chi connectivity index (χ4v) is 3.59. The number of aliphatic carboxylic acids is 1. The average molecular weight is 274 g/mol. The largest absolute Gasteiger partial charge is 0.487 e. The number of hydrogen-bond donors (Lipinski definition) is 1. The topological polar surface area (TPSA) is 46.5 Å². The maximum atomic E-state index is 11.7. The normalized spacial score (nSPS) is 23.6. The van der Waals surface area contributed by atoms with E-state index in [1.165, 1.54) is 5.56 Å². The Morgan fingerprint density at radius 3 is 2.65 bits per heavy atom. The van der Waals surface area contributed by atoms with Gasteiger partial charge in [0.2, 0.25) is 0 Å². The van der Waals surface area contributed by atoms with Gasteiger partial charge in [0.05, 0.1) is 5.92 Å². The van der Waals surface area contributed by atoms with Gasteiger partial charge in [0, 0.05) is 12.0 Å². The molecule has 3 rings (SSSR count). The molecule has 0 aromatic heterocycles. The minimum absolute atomic E-state index is 0.227. The van der Waals surface area contributed by atoms with Crippen LogP contribution in [0.15, 0.2) is 18.2 Å². The number of carbonyl (C=O) groups is 1. The minimum Gasteiger partial charge on any atom is -0.487 e. The number of rotatable bonds is 2. The lowest BCUT2D eigenvalue weighted by Gasteiger charge is -2.39. The molecule has 108 valence electrons. The maximum Gasteiger partial charge on any atom is 0.311 e. The molecule has 0 amide bonds. The van der Waals surface area contributed by atoms with Gasteiger partial charge in [-0.25, -0.2) is 0 Å². The van der Waals surface area contributed by atoms with Gasteiger partial charge < -0.3 is 9.84 Å². The summed E-state index contributed by atoms with van der Waals surface area (Å²) in [6.07, 6.45) is 4.89. The first-order chi connectivity index (χ1) is 9.51. The van der Waals surface area contributed by atoms with Crippen LogP contribution < -0.4 is 4.74 Å². The van der Waals surface area contributed by atoms with Gasteiger partial charge in [-0.1, -0.05) is 26.0 Å². The van der Waals surface area contributed by atoms with Crippen molar-refractivity contribution in [3.63, 3.8) is 0 Å². The highest BCUT2D eigenvalue weighted by Crippen LogP contribution is 2.48. The van der Waals surface area contributed by atoms with Crippen molar-refractivity contribution in [3.05, 3.63) is 29.3 Å². The highest BCUT2D eigenvalue weighted by atomic mass is 16.5. The highest BCUT2D eigenvalue weighted by molar-refractivity contribution is 5.78. The van der Waals surface area contributed by atoms with Gasteiger partial charge in [-0.05, 0) is 43.2 Å². The Balaban J connectivity index is 2.03. The van der Waals surface area contributed by atoms with Crippen LogP contribution >= 0.6 is 0 Å². The summed E-state index contributed by atoms with van der Waals surface area (Å²) in [6.45, 7) is 4.25. The van der Waals surface area contributed by atoms with E-state index in [-0.39, 0.29) is 5.60 Å². The zero-order valence-electron chi connectivity index (χ0n) is 12.2. The van der Waals surface area contributed by atoms with Crippen LogP contribution in [0.4, 0.5) is 0 Å². The molecule has 1 spiro atoms. The summed E-state index contributed by atoms with van der Waals surface area (Å²) < 4.78 is 6.23. The van der Waals surface area contributed by atoms with Crippen molar-refractivity contribution in [2.45, 2.75) is 63.4 Å². The van der Waals surface area contributed by atoms with Gasteiger partial charge in [0.25, 0.3) is 0 Å². The third-order valence-corrected chi connectivity index (χ3v) is 4.79. The van der Waals surface area contributed by atoms with Gasteiger partial charge in [-0.2, -0.15) is 0 Å². The fourth-order valence-electron chi connectivity index (χ4n) is 3.59. The quantitative estimate of drug-likeness (QED) is 0.884. The van der Waals surface area contributed by atoms with Gasteiger partial charge in [0.15, 0.2) is 0 Å². The molecule has 1 aromatic carbocycles. The molecule has 1 aliphatic heterocycles. The second kappa shape index (κ2) is 4.80. The van der Waals surface area contributed by atoms with E-state index in [0.717, 1.165) is 37.0 Å². The van der Waals surface area contributed by atoms with E-state index in [2.05, 4.69) is 19.9 Å². The first-order valence-electron chi connectivity index (χ1n) is 7.56. The Morgan fingerprint density at radius 1 is 1.35 bits per heavy atom. The van der Waals surface area contributed by atoms with Gasteiger partial charge in [0.1, 0.15) is 11.4 Å². The Hall–Kier alpha value is -1.51. The predicted octanol–water partition coefficient (Wildman–Crippen LogP) is 4.07. The second-order valence-electron chi connectivity index (χ2n) is 6.54. The molecule has 3 heteroatoms. The van der Waals surface area contributed by atoms with Crippen molar-refractivity contribution >= 4 is 5.97 Å². The number of carboxylic acids is 1. The van der Waals surface area contributed by atoms with Crippen molar-refractivity contribution in [1.29, 1.82) is 0 Å². The van der Waals surface area contributed by atoms with Gasteiger partial charge in [-0.15, -0.1) is 0 Å². The summed E-state index contributed by atoms with van der Waals surface area (Å²) >= 11 is 0. The highest BCUT2D eigenvalue weighted by Gasteiger charge is 2.45. The average Bonchev–Trinajstić information content (AvgIpc) is 2.85. The number of ether oxygens (including phenoxy) is 1. The van der Waals surface area contributed by atoms with Crippen molar-refractivity contribution in [3.8, 4) is 5.75 Å². The van der Waals surface area contributed by atoms with E-state index >= 15 is 0 Å². The lowest BCUT2D eigenvalue weighted by atomic mass is 9.80. The van der Waals surface area contributed by atoms with E-state index < -0.39 is 11.9 Å². The van der Waals surface area contributed by atoms with Crippen molar-refractivity contribution < 1.29 is 14.6 Å². The third kappa shape index (κ3) is 2.19. The number of fused-ring (bicyclic) bond motifs is 1. The maximum absolute atomic E-state index is 11.7. The molecular weight excluding hydrogens is 252 g/mol. The Labute approximate surface area is 120 Å². The van der Waals surface area contributed by atoms with Crippen molar-refractivity contribution in [1.82, 2.24) is 0 Å². The molecule has 1 unspecified atom stereocenters. The van der Waals surface area contributed by atoms with Crippen LogP contribution in [0, 0.1) is 0 Å². The zero-order valence-corrected chi connectivity index (χ0v) is 12.2. The molecule has 2 aliphatic rings. The van der Waals surface area contributed by atoms with Crippen LogP contribution in [-0.2, 0) is 4.79 Å². The molecular formula is C17H22O3. The Kier molecular flexibility index (Phi) is 3.23. The number of carboxylic acid groups (broad SMARTS) is 1. The Bertz CT molecular complexity index is 527. The van der Waals surface area contributed by atoms with E-state index in [4.69, 9.17) is 4.74 Å². The molecule has 1 N–H and O–H groups in total. The fraction of sp³-hybridized carbons (Fsp3) is 0.588. The smallest absolute Gasteiger partial charge is 0.311 e. The molecule has 20 heavy (non-hydrogen) atoms. The molecule has 0 bridgehead atoms. The Morgan fingerprint density at radius 2 is 2.05 bits per heavy atom. The predicted molar refractivity (Wildman–Crippen MR) is 77.4 cm³/mol. The molecule has 0 radical (unpaired) electrons. The van der Waals surface area contributed by atoms with Gasteiger partial charge in [-0.3, -0.25) is 4.79 Å². The summed E-state index contributed by atoms with van der Waals surface area (Å²) in [5, 5.41) is 9.60. The second-order valence-corrected chi connectivity index (χ2v) is 6.54. The van der Waals surface area contributed by atoms with Crippen LogP contribution in [-0.4, -0.2) is 16.7 Å². The molecule has 1 heterocycles. The standard InChI is InChI=1S/C17H22O3/c1-11(2)12-5-6-15-13(9-12)14(16(18)19)10-17(20-15)7-3-4-8-17/h5-6,9,11,14H,3-4,7-8,10H2,1-2H3,(H,18,19). The monoisotopic (exact) mass is 274 g/mol. The summed E-state index contributed by atoms with van der Waals surface area (Å²) in [7, 11) is 0. The van der Waals surface area contributed by atoms with E-state index in [9.17, 15) is 9.90 Å². The van der Waals surface area contributed by atoms with Crippen molar-refractivity contribution in [2.75, 3.05) is 0 Å². The lowest BCUT2D eigenvalue weighted by molar-refractivity contribution is -0.141. The third-order valence-electron chi connectivity index (χ3n) is 4.79. The van der Waals surface area contributed by atoms with Crippen LogP contribution in [0.2, 0.25) is 0 Å². The van der Waals surface area contributed by atoms with Crippen LogP contribution in [0.3, 0.4) is 0 Å². The summed E-state index contributed by atoms with van der Waals surface area (Å²) in [5.41, 5.74) is 1.82. The van der Waals surface area contributed by atoms with E-state index in [0.29, 0.717) is 12.3 Å². The van der Waals surface area contributed by atoms with E-state index in [1.54, 1.807) is 0 Å². The number of hydrogen-bond acceptors (Lipinski definition) is 2. The van der Waals surface area contributed by atoms with Crippen LogP contribution in [0.25, 0.3) is 0 Å². The molecule has 3 nitrogen and oxygen atoms in total. The molecule has 1 aliphatic carbocycles. The summed E-state index contributed by atoms with van der Waals surface area (Å²) in [4.78, 5) is 11.7. The van der Waals surface area contributed by atoms with Crippen LogP contribution in [0.1, 0.15) is 68.9 Å². The SMILES string of the molecule is CC(C)c1ccc2c(c1)C(C(=O)O)CC1(CCCC1)O2. The van der Waals surface area contributed by atoms with Gasteiger partial charge >= 0.3 is 5.97 Å². The molecule has 1 fully saturated rings. The van der Waals surface area contributed by atoms with Crippen molar-refractivity contribution in [2.24, 2.45) is 0 Å². The lowest BCUT2D eigenvalue weighted by Crippen LogP contribution is -2.40. The molecule has 1 aromatic rings. The first-order valence-corrected chi connectivity index (χ1v) is 7.56. The molecule has 0 saturated heterocycles. The minimum atomic E-state index is -0.721. The van der Waals surface area contributed by atoms with Crippen LogP contribution in [0.5, 0.6) is 5.75 Å². The van der Waals surface area contributed by atoms with E-state index in [1.807, 2.05) is 12.1 Å². The first kappa shape index (κ1) is 13.5. The summed E-state index contributed by atoms with van der Waals surface area (Å²) in [6, 6.07) is 6.07. The molecule has 1 saturated carbocycles. The molecule has 1 atom stereocenters. The zero-order chi connectivity index (χ0) is 14.3. The summed E-state index contributed by atoms with van der Waals surface area (Å²) in [5.74, 6) is 0.0457.